The number of anilines is 1. The fourth-order valence-corrected chi connectivity index (χ4v) is 4.18. The normalized spacial score (nSPS) is 14.7. The van der Waals surface area contributed by atoms with Crippen LogP contribution in [0, 0.1) is 19.8 Å². The molecule has 1 aliphatic rings. The van der Waals surface area contributed by atoms with Crippen molar-refractivity contribution >= 4 is 17.6 Å². The van der Waals surface area contributed by atoms with Gasteiger partial charge in [-0.3, -0.25) is 9.69 Å². The number of piperidine rings is 1. The van der Waals surface area contributed by atoms with Gasteiger partial charge in [0.05, 0.1) is 18.7 Å². The third-order valence-electron chi connectivity index (χ3n) is 6.17. The van der Waals surface area contributed by atoms with Crippen LogP contribution in [0.15, 0.2) is 47.0 Å². The van der Waals surface area contributed by atoms with Crippen molar-refractivity contribution in [3.63, 3.8) is 0 Å². The van der Waals surface area contributed by atoms with E-state index in [2.05, 4.69) is 20.4 Å². The topological polar surface area (TPSA) is 97.6 Å². The van der Waals surface area contributed by atoms with E-state index in [9.17, 15) is 9.59 Å². The fourth-order valence-electron chi connectivity index (χ4n) is 4.18. The Hall–Kier alpha value is -3.52. The molecule has 0 atom stereocenters. The average Bonchev–Trinajstić information content (AvgIpc) is 3.29. The van der Waals surface area contributed by atoms with Gasteiger partial charge in [0.15, 0.2) is 0 Å². The number of carbonyl (C=O) groups is 2. The maximum atomic E-state index is 12.8. The van der Waals surface area contributed by atoms with Crippen molar-refractivity contribution < 1.29 is 18.8 Å². The molecular formula is C26H30N4O4. The molecule has 2 aromatic carbocycles. The molecule has 1 N–H and O–H groups in total. The Balaban J connectivity index is 1.29. The Morgan fingerprint density at radius 1 is 1.12 bits per heavy atom. The standard InChI is InChI=1S/C26H30N4O4/c1-4-33-26(32)20-9-10-22(18(3)15-20)27-25(31)19-11-13-30(14-12-19)16-23-28-24(29-34-23)21-8-6-5-7-17(21)2/h5-10,15,19H,4,11-14,16H2,1-3H3,(H,27,31). The molecule has 178 valence electrons. The first kappa shape index (κ1) is 23.6. The van der Waals surface area contributed by atoms with E-state index in [1.165, 1.54) is 0 Å². The number of hydrogen-bond donors (Lipinski definition) is 1. The predicted octanol–water partition coefficient (Wildman–Crippen LogP) is 4.38. The fraction of sp³-hybridized carbons (Fsp3) is 0.385. The second kappa shape index (κ2) is 10.6. The molecule has 1 saturated heterocycles. The van der Waals surface area contributed by atoms with Gasteiger partial charge in [0.2, 0.25) is 17.6 Å². The van der Waals surface area contributed by atoms with Gasteiger partial charge in [-0.25, -0.2) is 4.79 Å². The second-order valence-corrected chi connectivity index (χ2v) is 8.62. The Bertz CT molecular complexity index is 1170. The lowest BCUT2D eigenvalue weighted by atomic mass is 9.95. The number of aryl methyl sites for hydroxylation is 2. The number of rotatable bonds is 7. The Morgan fingerprint density at radius 2 is 1.88 bits per heavy atom. The van der Waals surface area contributed by atoms with Gasteiger partial charge in [-0.1, -0.05) is 29.4 Å². The smallest absolute Gasteiger partial charge is 0.338 e. The summed E-state index contributed by atoms with van der Waals surface area (Å²) in [6.07, 6.45) is 1.51. The van der Waals surface area contributed by atoms with Gasteiger partial charge >= 0.3 is 5.97 Å². The van der Waals surface area contributed by atoms with Crippen LogP contribution in [-0.4, -0.2) is 46.6 Å². The van der Waals surface area contributed by atoms with E-state index < -0.39 is 0 Å². The SMILES string of the molecule is CCOC(=O)c1ccc(NC(=O)C2CCN(Cc3nc(-c4ccccc4C)no3)CC2)c(C)c1. The van der Waals surface area contributed by atoms with E-state index in [0.717, 1.165) is 48.3 Å². The number of nitrogens with one attached hydrogen (secondary N) is 1. The molecule has 0 aliphatic carbocycles. The summed E-state index contributed by atoms with van der Waals surface area (Å²) >= 11 is 0. The van der Waals surface area contributed by atoms with Crippen molar-refractivity contribution in [2.75, 3.05) is 25.0 Å². The summed E-state index contributed by atoms with van der Waals surface area (Å²) in [6, 6.07) is 13.1. The number of aromatic nitrogens is 2. The highest BCUT2D eigenvalue weighted by atomic mass is 16.5. The largest absolute Gasteiger partial charge is 0.462 e. The summed E-state index contributed by atoms with van der Waals surface area (Å²) < 4.78 is 10.5. The minimum absolute atomic E-state index is 0.00580. The highest BCUT2D eigenvalue weighted by molar-refractivity contribution is 5.95. The first-order valence-corrected chi connectivity index (χ1v) is 11.6. The van der Waals surface area contributed by atoms with E-state index in [1.807, 2.05) is 38.1 Å². The van der Waals surface area contributed by atoms with Crippen LogP contribution in [0.1, 0.15) is 47.1 Å². The highest BCUT2D eigenvalue weighted by Gasteiger charge is 2.26. The molecule has 0 spiro atoms. The Kier molecular flexibility index (Phi) is 7.37. The number of amides is 1. The van der Waals surface area contributed by atoms with Crippen LogP contribution in [0.4, 0.5) is 5.69 Å². The molecule has 0 radical (unpaired) electrons. The maximum Gasteiger partial charge on any atom is 0.338 e. The molecule has 0 bridgehead atoms. The van der Waals surface area contributed by atoms with Crippen LogP contribution < -0.4 is 5.32 Å². The third kappa shape index (κ3) is 5.51. The van der Waals surface area contributed by atoms with Gasteiger partial charge in [-0.15, -0.1) is 0 Å². The molecule has 3 aromatic rings. The first-order valence-electron chi connectivity index (χ1n) is 11.6. The van der Waals surface area contributed by atoms with Gasteiger partial charge < -0.3 is 14.6 Å². The molecule has 1 aromatic heterocycles. The van der Waals surface area contributed by atoms with Crippen molar-refractivity contribution in [2.45, 2.75) is 40.2 Å². The van der Waals surface area contributed by atoms with Gasteiger partial charge in [0, 0.05) is 17.2 Å². The number of ether oxygens (including phenoxy) is 1. The van der Waals surface area contributed by atoms with Gasteiger partial charge in [0.25, 0.3) is 0 Å². The lowest BCUT2D eigenvalue weighted by molar-refractivity contribution is -0.121. The monoisotopic (exact) mass is 462 g/mol. The third-order valence-corrected chi connectivity index (χ3v) is 6.17. The minimum Gasteiger partial charge on any atom is -0.462 e. The Labute approximate surface area is 199 Å². The molecule has 1 amide bonds. The summed E-state index contributed by atoms with van der Waals surface area (Å²) in [7, 11) is 0. The zero-order valence-corrected chi connectivity index (χ0v) is 19.8. The van der Waals surface area contributed by atoms with Crippen LogP contribution in [0.3, 0.4) is 0 Å². The van der Waals surface area contributed by atoms with Crippen molar-refractivity contribution in [1.82, 2.24) is 15.0 Å². The van der Waals surface area contributed by atoms with Crippen LogP contribution in [0.2, 0.25) is 0 Å². The number of benzene rings is 2. The van der Waals surface area contributed by atoms with E-state index in [4.69, 9.17) is 9.26 Å². The average molecular weight is 463 g/mol. The van der Waals surface area contributed by atoms with Crippen molar-refractivity contribution in [2.24, 2.45) is 5.92 Å². The van der Waals surface area contributed by atoms with Crippen molar-refractivity contribution in [3.05, 3.63) is 65.0 Å². The van der Waals surface area contributed by atoms with Gasteiger partial charge in [0.1, 0.15) is 0 Å². The maximum absolute atomic E-state index is 12.8. The predicted molar refractivity (Wildman–Crippen MR) is 128 cm³/mol. The van der Waals surface area contributed by atoms with Gasteiger partial charge in [-0.05, 0) is 76.0 Å². The molecule has 4 rings (SSSR count). The summed E-state index contributed by atoms with van der Waals surface area (Å²) in [5, 5.41) is 7.15. The molecule has 8 heteroatoms. The number of carbonyl (C=O) groups excluding carboxylic acids is 2. The number of likely N-dealkylation sites (tertiary alicyclic amines) is 1. The van der Waals surface area contributed by atoms with Gasteiger partial charge in [-0.2, -0.15) is 4.98 Å². The zero-order chi connectivity index (χ0) is 24.1. The zero-order valence-electron chi connectivity index (χ0n) is 19.8. The van der Waals surface area contributed by atoms with Crippen LogP contribution in [-0.2, 0) is 16.1 Å². The van der Waals surface area contributed by atoms with Crippen LogP contribution in [0.25, 0.3) is 11.4 Å². The quantitative estimate of drug-likeness (QED) is 0.520. The molecule has 0 unspecified atom stereocenters. The molecule has 1 fully saturated rings. The molecule has 1 aliphatic heterocycles. The van der Waals surface area contributed by atoms with Crippen molar-refractivity contribution in [1.29, 1.82) is 0 Å². The molecule has 0 saturated carbocycles. The Morgan fingerprint density at radius 3 is 2.59 bits per heavy atom. The highest BCUT2D eigenvalue weighted by Crippen LogP contribution is 2.24. The van der Waals surface area contributed by atoms with Crippen molar-refractivity contribution in [3.8, 4) is 11.4 Å². The minimum atomic E-state index is -0.358. The van der Waals surface area contributed by atoms with Crippen LogP contribution >= 0.6 is 0 Å². The lowest BCUT2D eigenvalue weighted by Gasteiger charge is -2.30. The van der Waals surface area contributed by atoms with E-state index in [0.29, 0.717) is 30.4 Å². The molecule has 2 heterocycles. The van der Waals surface area contributed by atoms with E-state index in [1.54, 1.807) is 25.1 Å². The second-order valence-electron chi connectivity index (χ2n) is 8.62. The summed E-state index contributed by atoms with van der Waals surface area (Å²) in [4.78, 5) is 31.5. The van der Waals surface area contributed by atoms with Crippen LogP contribution in [0.5, 0.6) is 0 Å². The van der Waals surface area contributed by atoms with E-state index >= 15 is 0 Å². The summed E-state index contributed by atoms with van der Waals surface area (Å²) in [5.74, 6) is 0.769. The molecular weight excluding hydrogens is 432 g/mol. The molecule has 34 heavy (non-hydrogen) atoms. The first-order chi connectivity index (χ1) is 16.4. The molecule has 8 nitrogen and oxygen atoms in total. The summed E-state index contributed by atoms with van der Waals surface area (Å²) in [6.45, 7) is 8.13. The lowest BCUT2D eigenvalue weighted by Crippen LogP contribution is -2.37. The van der Waals surface area contributed by atoms with E-state index in [-0.39, 0.29) is 17.8 Å². The number of esters is 1. The summed E-state index contributed by atoms with van der Waals surface area (Å²) in [5.41, 5.74) is 4.11. The number of hydrogen-bond acceptors (Lipinski definition) is 7. The number of nitrogens with zero attached hydrogens (tertiary/aromatic N) is 3.